The summed E-state index contributed by atoms with van der Waals surface area (Å²) in [4.78, 5) is 18.5. The fourth-order valence-electron chi connectivity index (χ4n) is 10.4. The highest BCUT2D eigenvalue weighted by atomic mass is 16.7. The summed E-state index contributed by atoms with van der Waals surface area (Å²) in [5.41, 5.74) is 0. The highest BCUT2D eigenvalue weighted by molar-refractivity contribution is 5.60. The van der Waals surface area contributed by atoms with Crippen LogP contribution in [0.2, 0.25) is 0 Å². The van der Waals surface area contributed by atoms with E-state index in [0.717, 1.165) is 115 Å². The number of hydrogen-bond donors (Lipinski definition) is 0. The van der Waals surface area contributed by atoms with Crippen molar-refractivity contribution in [1.29, 1.82) is 0 Å². The van der Waals surface area contributed by atoms with Crippen LogP contribution < -0.4 is 0 Å². The Labute approximate surface area is 449 Å². The van der Waals surface area contributed by atoms with Crippen LogP contribution in [-0.4, -0.2) is 68.4 Å². The van der Waals surface area contributed by atoms with E-state index in [1.807, 2.05) is 0 Å². The zero-order valence-electron chi connectivity index (χ0n) is 49.0. The Hall–Kier alpha value is -3.45. The molecule has 6 atom stereocenters. The molecule has 0 aliphatic carbocycles. The van der Waals surface area contributed by atoms with Crippen molar-refractivity contribution in [2.45, 2.75) is 310 Å². The summed E-state index contributed by atoms with van der Waals surface area (Å²) in [5, 5.41) is 0. The van der Waals surface area contributed by atoms with E-state index in [4.69, 9.17) is 9.47 Å². The van der Waals surface area contributed by atoms with Gasteiger partial charge < -0.3 is 19.3 Å². The Morgan fingerprint density at radius 3 is 0.875 bits per heavy atom. The maximum Gasteiger partial charge on any atom is 0.508 e. The standard InChI is InChI=1S/C67H112N2O3/c1-11-17-19-21-23-25-27-29-31-33-35-37-39-45-51-57-63(59-53-47-41-43-49-55-61(13-3)65(15-5)68(7)8)71-67(70)72-64(60-54-48-42-44-50-56-62(14-4)66(16-6)69(9)10)58-52-46-40-38-36-34-32-30-28-26-24-22-20-18-12-2/h61-66H,11-16,21-22,27-28,33-60H2,1-10H3. The number of hydrogen-bond acceptors (Lipinski definition) is 5. The number of ether oxygens (including phenoxy) is 2. The van der Waals surface area contributed by atoms with Crippen molar-refractivity contribution in [3.05, 3.63) is 0 Å². The van der Waals surface area contributed by atoms with Crippen molar-refractivity contribution in [3.63, 3.8) is 0 Å². The largest absolute Gasteiger partial charge is 0.508 e. The second kappa shape index (κ2) is 52.4. The Kier molecular flexibility index (Phi) is 49.9. The third kappa shape index (κ3) is 42.0. The van der Waals surface area contributed by atoms with Gasteiger partial charge in [0.05, 0.1) is 25.7 Å². The topological polar surface area (TPSA) is 42.0 Å². The summed E-state index contributed by atoms with van der Waals surface area (Å²) in [6.45, 7) is 13.5. The lowest BCUT2D eigenvalue weighted by Gasteiger charge is -2.31. The molecule has 0 aromatic rings. The average Bonchev–Trinajstić information content (AvgIpc) is 3.36. The monoisotopic (exact) mass is 993 g/mol. The Bertz CT molecular complexity index is 1540. The van der Waals surface area contributed by atoms with Crippen LogP contribution >= 0.6 is 0 Å². The van der Waals surface area contributed by atoms with Gasteiger partial charge in [-0.05, 0) is 130 Å². The molecule has 0 aliphatic rings. The van der Waals surface area contributed by atoms with E-state index in [-0.39, 0.29) is 12.2 Å². The van der Waals surface area contributed by atoms with Gasteiger partial charge in [0, 0.05) is 37.8 Å². The third-order valence-electron chi connectivity index (χ3n) is 14.5. The first-order valence-corrected chi connectivity index (χ1v) is 30.1. The van der Waals surface area contributed by atoms with Crippen molar-refractivity contribution in [3.8, 4) is 71.0 Å². The summed E-state index contributed by atoms with van der Waals surface area (Å²) in [6.07, 6.45) is 40.6. The van der Waals surface area contributed by atoms with Crippen LogP contribution in [0.3, 0.4) is 0 Å². The molecule has 0 saturated heterocycles. The second-order valence-electron chi connectivity index (χ2n) is 20.8. The van der Waals surface area contributed by atoms with Gasteiger partial charge in [0.15, 0.2) is 0 Å². The maximum atomic E-state index is 13.7. The van der Waals surface area contributed by atoms with Crippen LogP contribution in [-0.2, 0) is 9.47 Å². The average molecular weight is 994 g/mol. The van der Waals surface area contributed by atoms with Gasteiger partial charge in [0.1, 0.15) is 12.2 Å². The molecular formula is C67H112N2O3. The molecule has 408 valence electrons. The smallest absolute Gasteiger partial charge is 0.431 e. The molecule has 0 bridgehead atoms. The third-order valence-corrected chi connectivity index (χ3v) is 14.5. The number of rotatable bonds is 40. The molecular weight excluding hydrogens is 881 g/mol. The van der Waals surface area contributed by atoms with Gasteiger partial charge in [-0.25, -0.2) is 4.79 Å². The number of carbonyl (C=O) groups excluding carboxylic acids is 1. The minimum atomic E-state index is -0.437. The molecule has 5 heteroatoms. The van der Waals surface area contributed by atoms with Crippen LogP contribution in [0, 0.1) is 82.9 Å². The van der Waals surface area contributed by atoms with Gasteiger partial charge in [-0.15, -0.1) is 23.7 Å². The summed E-state index contributed by atoms with van der Waals surface area (Å²) < 4.78 is 12.5. The van der Waals surface area contributed by atoms with Crippen LogP contribution in [0.25, 0.3) is 0 Å². The van der Waals surface area contributed by atoms with Crippen molar-refractivity contribution in [1.82, 2.24) is 9.80 Å². The van der Waals surface area contributed by atoms with Crippen LogP contribution in [0.4, 0.5) is 4.79 Å². The zero-order chi connectivity index (χ0) is 53.0. The van der Waals surface area contributed by atoms with Crippen molar-refractivity contribution in [2.75, 3.05) is 28.2 Å². The van der Waals surface area contributed by atoms with E-state index in [9.17, 15) is 4.79 Å². The van der Waals surface area contributed by atoms with E-state index in [1.165, 1.54) is 116 Å². The molecule has 0 fully saturated rings. The van der Waals surface area contributed by atoms with Gasteiger partial charge in [-0.1, -0.05) is 192 Å². The van der Waals surface area contributed by atoms with Gasteiger partial charge in [-0.2, -0.15) is 0 Å². The van der Waals surface area contributed by atoms with Crippen molar-refractivity contribution >= 4 is 6.16 Å². The molecule has 5 nitrogen and oxygen atoms in total. The molecule has 0 spiro atoms. The van der Waals surface area contributed by atoms with Crippen LogP contribution in [0.1, 0.15) is 286 Å². The molecule has 0 N–H and O–H groups in total. The highest BCUT2D eigenvalue weighted by Gasteiger charge is 2.22. The lowest BCUT2D eigenvalue weighted by Crippen LogP contribution is -2.34. The van der Waals surface area contributed by atoms with E-state index < -0.39 is 6.16 Å². The summed E-state index contributed by atoms with van der Waals surface area (Å²) in [5.74, 6) is 39.2. The fourth-order valence-corrected chi connectivity index (χ4v) is 10.4. The van der Waals surface area contributed by atoms with Crippen LogP contribution in [0.15, 0.2) is 0 Å². The normalized spacial score (nSPS) is 13.2. The number of unbranched alkanes of at least 4 members (excludes halogenated alkanes) is 18. The van der Waals surface area contributed by atoms with Gasteiger partial charge in [0.25, 0.3) is 0 Å². The van der Waals surface area contributed by atoms with Gasteiger partial charge in [-0.3, -0.25) is 0 Å². The molecule has 0 aromatic heterocycles. The molecule has 0 saturated carbocycles. The summed E-state index contributed by atoms with van der Waals surface area (Å²) in [6, 6.07) is 1.36. The molecule has 6 unspecified atom stereocenters. The second-order valence-corrected chi connectivity index (χ2v) is 20.8. The zero-order valence-corrected chi connectivity index (χ0v) is 49.0. The Morgan fingerprint density at radius 2 is 0.597 bits per heavy atom. The molecule has 0 radical (unpaired) electrons. The molecule has 72 heavy (non-hydrogen) atoms. The first-order valence-electron chi connectivity index (χ1n) is 30.1. The molecule has 0 aromatic carbocycles. The quantitative estimate of drug-likeness (QED) is 0.0348. The summed E-state index contributed by atoms with van der Waals surface area (Å²) >= 11 is 0. The number of nitrogens with zero attached hydrogens (tertiary/aromatic N) is 2. The fraction of sp³-hybridized carbons (Fsp3) is 0.806. The highest BCUT2D eigenvalue weighted by Crippen LogP contribution is 2.26. The van der Waals surface area contributed by atoms with E-state index in [1.54, 1.807) is 0 Å². The first kappa shape index (κ1) is 68.6. The lowest BCUT2D eigenvalue weighted by atomic mass is 9.88. The Morgan fingerprint density at radius 1 is 0.333 bits per heavy atom. The molecule has 0 amide bonds. The van der Waals surface area contributed by atoms with Gasteiger partial charge in [0.2, 0.25) is 0 Å². The lowest BCUT2D eigenvalue weighted by molar-refractivity contribution is -0.0121. The summed E-state index contributed by atoms with van der Waals surface area (Å²) in [7, 11) is 8.94. The van der Waals surface area contributed by atoms with Crippen molar-refractivity contribution in [2.24, 2.45) is 11.8 Å². The number of carbonyl (C=O) groups is 1. The van der Waals surface area contributed by atoms with Gasteiger partial charge >= 0.3 is 6.16 Å². The molecule has 0 rings (SSSR count). The predicted molar refractivity (Wildman–Crippen MR) is 313 cm³/mol. The first-order chi connectivity index (χ1) is 35.2. The SMILES string of the molecule is CCC#CCC#CCC#CCCCCCCCC(CCCCCCCC(CC)C(CC)N(C)C)OC(=O)OC(CCCCCCCC#CCC#CCC#CCC)CCCCCCCC(CC)C(CC)N(C)C. The minimum Gasteiger partial charge on any atom is -0.431 e. The van der Waals surface area contributed by atoms with Crippen LogP contribution in [0.5, 0.6) is 0 Å². The van der Waals surface area contributed by atoms with Crippen molar-refractivity contribution < 1.29 is 14.3 Å². The van der Waals surface area contributed by atoms with E-state index in [2.05, 4.69) is 151 Å². The minimum absolute atomic E-state index is 0.0741. The molecule has 0 heterocycles. The van der Waals surface area contributed by atoms with E-state index >= 15 is 0 Å². The Balaban J connectivity index is 5.37. The predicted octanol–water partition coefficient (Wildman–Crippen LogP) is 17.9. The van der Waals surface area contributed by atoms with E-state index in [0.29, 0.717) is 37.8 Å². The maximum absolute atomic E-state index is 13.7. The molecule has 0 aliphatic heterocycles.